The zero-order valence-corrected chi connectivity index (χ0v) is 12.7. The lowest BCUT2D eigenvalue weighted by Crippen LogP contribution is -2.38. The van der Waals surface area contributed by atoms with E-state index in [2.05, 4.69) is 15.9 Å². The van der Waals surface area contributed by atoms with Gasteiger partial charge in [-0.2, -0.15) is 0 Å². The first-order chi connectivity index (χ1) is 8.49. The maximum Gasteiger partial charge on any atom is 0.254 e. The maximum absolute atomic E-state index is 12.5. The molecule has 18 heavy (non-hydrogen) atoms. The van der Waals surface area contributed by atoms with E-state index in [1.54, 1.807) is 25.1 Å². The molecule has 0 radical (unpaired) electrons. The van der Waals surface area contributed by atoms with Crippen molar-refractivity contribution >= 4 is 21.8 Å². The number of carbonyl (C=O) groups excluding carboxylic acids is 1. The summed E-state index contributed by atoms with van der Waals surface area (Å²) in [6.07, 6.45) is 0.918. The normalized spacial score (nSPS) is 10.7. The molecule has 0 aliphatic heterocycles. The molecule has 0 saturated carbocycles. The van der Waals surface area contributed by atoms with Crippen LogP contribution in [0.5, 0.6) is 5.75 Å². The molecule has 0 bridgehead atoms. The van der Waals surface area contributed by atoms with Gasteiger partial charge in [-0.3, -0.25) is 4.79 Å². The van der Waals surface area contributed by atoms with Crippen LogP contribution in [0, 0.1) is 6.92 Å². The van der Waals surface area contributed by atoms with E-state index in [9.17, 15) is 9.90 Å². The van der Waals surface area contributed by atoms with Crippen LogP contribution in [0.25, 0.3) is 0 Å². The minimum Gasteiger partial charge on any atom is -0.508 e. The van der Waals surface area contributed by atoms with Crippen LogP contribution in [0.2, 0.25) is 0 Å². The van der Waals surface area contributed by atoms with E-state index in [-0.39, 0.29) is 17.7 Å². The number of rotatable bonds is 5. The Kier molecular flexibility index (Phi) is 5.66. The highest BCUT2D eigenvalue weighted by Crippen LogP contribution is 2.21. The Labute approximate surface area is 117 Å². The summed E-state index contributed by atoms with van der Waals surface area (Å²) in [5.41, 5.74) is 1.23. The van der Waals surface area contributed by atoms with Crippen molar-refractivity contribution in [2.24, 2.45) is 0 Å². The van der Waals surface area contributed by atoms with Crippen molar-refractivity contribution < 1.29 is 9.90 Å². The molecule has 0 spiro atoms. The molecule has 1 N–H and O–H groups in total. The third-order valence-electron chi connectivity index (χ3n) is 2.95. The summed E-state index contributed by atoms with van der Waals surface area (Å²) in [5.74, 6) is 0.157. The third kappa shape index (κ3) is 3.48. The minimum absolute atomic E-state index is 0.0145. The van der Waals surface area contributed by atoms with Crippen molar-refractivity contribution in [3.63, 3.8) is 0 Å². The number of hydrogen-bond donors (Lipinski definition) is 1. The zero-order chi connectivity index (χ0) is 13.7. The van der Waals surface area contributed by atoms with Gasteiger partial charge in [-0.25, -0.2) is 0 Å². The van der Waals surface area contributed by atoms with Gasteiger partial charge in [0.15, 0.2) is 0 Å². The van der Waals surface area contributed by atoms with Gasteiger partial charge in [0.2, 0.25) is 0 Å². The molecular formula is C14H20BrNO2. The lowest BCUT2D eigenvalue weighted by Gasteiger charge is -2.27. The van der Waals surface area contributed by atoms with Gasteiger partial charge < -0.3 is 10.0 Å². The van der Waals surface area contributed by atoms with E-state index >= 15 is 0 Å². The van der Waals surface area contributed by atoms with Gasteiger partial charge in [-0.15, -0.1) is 0 Å². The summed E-state index contributed by atoms with van der Waals surface area (Å²) < 4.78 is 0. The van der Waals surface area contributed by atoms with Gasteiger partial charge in [-0.05, 0) is 39.3 Å². The first-order valence-electron chi connectivity index (χ1n) is 6.14. The summed E-state index contributed by atoms with van der Waals surface area (Å²) in [6.45, 7) is 6.50. The average Bonchev–Trinajstić information content (AvgIpc) is 2.32. The Morgan fingerprint density at radius 1 is 1.44 bits per heavy atom. The molecule has 0 atom stereocenters. The fraction of sp³-hybridized carbons (Fsp3) is 0.500. The molecule has 4 heteroatoms. The highest BCUT2D eigenvalue weighted by molar-refractivity contribution is 9.09. The van der Waals surface area contributed by atoms with Crippen molar-refractivity contribution in [2.75, 3.05) is 11.9 Å². The molecular weight excluding hydrogens is 294 g/mol. The predicted octanol–water partition coefficient (Wildman–Crippen LogP) is 3.34. The van der Waals surface area contributed by atoms with Crippen molar-refractivity contribution in [1.82, 2.24) is 4.90 Å². The second-order valence-electron chi connectivity index (χ2n) is 4.58. The average molecular weight is 314 g/mol. The third-order valence-corrected chi connectivity index (χ3v) is 3.51. The standard InChI is InChI=1S/C14H20BrNO2/c1-10(2)16(9-5-8-15)14(18)12-6-4-7-13(17)11(12)3/h4,6-7,10,17H,5,8-9H2,1-3H3. The first kappa shape index (κ1) is 15.0. The number of halogens is 1. The van der Waals surface area contributed by atoms with E-state index in [1.807, 2.05) is 18.7 Å². The molecule has 0 aromatic heterocycles. The lowest BCUT2D eigenvalue weighted by molar-refractivity contribution is 0.0705. The predicted molar refractivity (Wildman–Crippen MR) is 77.4 cm³/mol. The molecule has 0 fully saturated rings. The van der Waals surface area contributed by atoms with Crippen LogP contribution >= 0.6 is 15.9 Å². The number of alkyl halides is 1. The van der Waals surface area contributed by atoms with Gasteiger partial charge in [0.05, 0.1) is 0 Å². The van der Waals surface area contributed by atoms with Crippen LogP contribution < -0.4 is 0 Å². The molecule has 0 saturated heterocycles. The highest BCUT2D eigenvalue weighted by atomic mass is 79.9. The molecule has 3 nitrogen and oxygen atoms in total. The summed E-state index contributed by atoms with van der Waals surface area (Å²) >= 11 is 3.38. The monoisotopic (exact) mass is 313 g/mol. The molecule has 0 aliphatic carbocycles. The molecule has 1 rings (SSSR count). The minimum atomic E-state index is -0.0145. The quantitative estimate of drug-likeness (QED) is 0.847. The Morgan fingerprint density at radius 3 is 2.67 bits per heavy atom. The molecule has 0 heterocycles. The van der Waals surface area contributed by atoms with Crippen LogP contribution in [-0.4, -0.2) is 33.8 Å². The summed E-state index contributed by atoms with van der Waals surface area (Å²) in [4.78, 5) is 14.3. The Morgan fingerprint density at radius 2 is 2.11 bits per heavy atom. The second kappa shape index (κ2) is 6.78. The molecule has 1 aromatic rings. The van der Waals surface area contributed by atoms with E-state index in [0.29, 0.717) is 11.1 Å². The van der Waals surface area contributed by atoms with E-state index in [0.717, 1.165) is 18.3 Å². The molecule has 0 aliphatic rings. The Balaban J connectivity index is 2.98. The molecule has 0 unspecified atom stereocenters. The number of nitrogens with zero attached hydrogens (tertiary/aromatic N) is 1. The van der Waals surface area contributed by atoms with Crippen molar-refractivity contribution in [2.45, 2.75) is 33.2 Å². The van der Waals surface area contributed by atoms with E-state index in [4.69, 9.17) is 0 Å². The number of carbonyl (C=O) groups is 1. The number of aromatic hydroxyl groups is 1. The molecule has 1 aromatic carbocycles. The first-order valence-corrected chi connectivity index (χ1v) is 7.26. The smallest absolute Gasteiger partial charge is 0.254 e. The van der Waals surface area contributed by atoms with Crippen LogP contribution in [0.3, 0.4) is 0 Å². The van der Waals surface area contributed by atoms with Crippen molar-refractivity contribution in [1.29, 1.82) is 0 Å². The second-order valence-corrected chi connectivity index (χ2v) is 5.38. The van der Waals surface area contributed by atoms with Gasteiger partial charge in [-0.1, -0.05) is 22.0 Å². The lowest BCUT2D eigenvalue weighted by atomic mass is 10.1. The summed E-state index contributed by atoms with van der Waals surface area (Å²) in [5, 5.41) is 10.5. The number of hydrogen-bond acceptors (Lipinski definition) is 2. The largest absolute Gasteiger partial charge is 0.508 e. The number of benzene rings is 1. The topological polar surface area (TPSA) is 40.5 Å². The van der Waals surface area contributed by atoms with Crippen LogP contribution in [0.4, 0.5) is 0 Å². The van der Waals surface area contributed by atoms with Gasteiger partial charge in [0.1, 0.15) is 5.75 Å². The van der Waals surface area contributed by atoms with Gasteiger partial charge >= 0.3 is 0 Å². The number of phenolic OH excluding ortho intramolecular Hbond substituents is 1. The number of phenols is 1. The number of amides is 1. The van der Waals surface area contributed by atoms with E-state index < -0.39 is 0 Å². The molecule has 1 amide bonds. The SMILES string of the molecule is Cc1c(O)cccc1C(=O)N(CCCBr)C(C)C. The molecule has 100 valence electrons. The highest BCUT2D eigenvalue weighted by Gasteiger charge is 2.20. The van der Waals surface area contributed by atoms with E-state index in [1.165, 1.54) is 0 Å². The van der Waals surface area contributed by atoms with Gasteiger partial charge in [0.25, 0.3) is 5.91 Å². The maximum atomic E-state index is 12.5. The Bertz CT molecular complexity index is 418. The van der Waals surface area contributed by atoms with Crippen LogP contribution in [0.1, 0.15) is 36.2 Å². The van der Waals surface area contributed by atoms with Crippen molar-refractivity contribution in [3.8, 4) is 5.75 Å². The van der Waals surface area contributed by atoms with Crippen molar-refractivity contribution in [3.05, 3.63) is 29.3 Å². The van der Waals surface area contributed by atoms with Crippen LogP contribution in [0.15, 0.2) is 18.2 Å². The fourth-order valence-electron chi connectivity index (χ4n) is 1.83. The fourth-order valence-corrected chi connectivity index (χ4v) is 2.08. The van der Waals surface area contributed by atoms with Crippen LogP contribution in [-0.2, 0) is 0 Å². The van der Waals surface area contributed by atoms with Gasteiger partial charge in [0, 0.05) is 29.0 Å². The summed E-state index contributed by atoms with van der Waals surface area (Å²) in [7, 11) is 0. The Hall–Kier alpha value is -1.03. The zero-order valence-electron chi connectivity index (χ0n) is 11.1. The summed E-state index contributed by atoms with van der Waals surface area (Å²) in [6, 6.07) is 5.22.